The zero-order valence-corrected chi connectivity index (χ0v) is 9.88. The lowest BCUT2D eigenvalue weighted by atomic mass is 10.2. The second-order valence-corrected chi connectivity index (χ2v) is 3.47. The van der Waals surface area contributed by atoms with Crippen LogP contribution in [0.2, 0.25) is 0 Å². The van der Waals surface area contributed by atoms with Gasteiger partial charge in [-0.1, -0.05) is 11.2 Å². The van der Waals surface area contributed by atoms with E-state index < -0.39 is 0 Å². The minimum Gasteiger partial charge on any atom is -0.352 e. The second kappa shape index (κ2) is 6.93. The van der Waals surface area contributed by atoms with Gasteiger partial charge in [-0.15, -0.1) is 0 Å². The van der Waals surface area contributed by atoms with E-state index in [1.807, 2.05) is 0 Å². The quantitative estimate of drug-likeness (QED) is 0.357. The van der Waals surface area contributed by atoms with Gasteiger partial charge in [0.25, 0.3) is 5.91 Å². The molecule has 0 bridgehead atoms. The third-order valence-electron chi connectivity index (χ3n) is 2.01. The zero-order chi connectivity index (χ0) is 13.4. The average molecular weight is 247 g/mol. The smallest absolute Gasteiger partial charge is 0.251 e. The van der Waals surface area contributed by atoms with Gasteiger partial charge in [0.05, 0.1) is 0 Å². The molecule has 0 aliphatic rings. The highest BCUT2D eigenvalue weighted by atomic mass is 16.2. The molecule has 0 spiro atoms. The van der Waals surface area contributed by atoms with E-state index in [-0.39, 0.29) is 24.9 Å². The Hall–Kier alpha value is -2.53. The molecule has 1 aromatic rings. The van der Waals surface area contributed by atoms with Gasteiger partial charge in [0.15, 0.2) is 0 Å². The Morgan fingerprint density at radius 1 is 1.44 bits per heavy atom. The Bertz CT molecular complexity index is 494. The first-order chi connectivity index (χ1) is 8.63. The number of benzene rings is 1. The van der Waals surface area contributed by atoms with Gasteiger partial charge in [-0.3, -0.25) is 9.59 Å². The SMILES string of the molecule is CC(=O)Nc1cccc(C(=O)NCCN=[N+]=[N-])c1. The highest BCUT2D eigenvalue weighted by Crippen LogP contribution is 2.10. The maximum Gasteiger partial charge on any atom is 0.251 e. The number of rotatable bonds is 5. The largest absolute Gasteiger partial charge is 0.352 e. The summed E-state index contributed by atoms with van der Waals surface area (Å²) in [6.07, 6.45) is 0. The fourth-order valence-electron chi connectivity index (χ4n) is 1.31. The number of nitrogens with zero attached hydrogens (tertiary/aromatic N) is 3. The molecule has 2 amide bonds. The van der Waals surface area contributed by atoms with Gasteiger partial charge in [0.1, 0.15) is 0 Å². The Labute approximate surface area is 104 Å². The van der Waals surface area contributed by atoms with Crippen LogP contribution in [0.5, 0.6) is 0 Å². The number of carbonyl (C=O) groups is 2. The van der Waals surface area contributed by atoms with Crippen LogP contribution >= 0.6 is 0 Å². The predicted octanol–water partition coefficient (Wildman–Crippen LogP) is 1.69. The number of nitrogens with one attached hydrogen (secondary N) is 2. The van der Waals surface area contributed by atoms with E-state index in [9.17, 15) is 9.59 Å². The molecular weight excluding hydrogens is 234 g/mol. The molecule has 0 aromatic heterocycles. The highest BCUT2D eigenvalue weighted by molar-refractivity contribution is 5.96. The molecule has 1 rings (SSSR count). The fraction of sp³-hybridized carbons (Fsp3) is 0.273. The fourth-order valence-corrected chi connectivity index (χ4v) is 1.31. The van der Waals surface area contributed by atoms with Crippen molar-refractivity contribution in [3.05, 3.63) is 40.3 Å². The van der Waals surface area contributed by atoms with Crippen molar-refractivity contribution in [1.29, 1.82) is 0 Å². The first-order valence-electron chi connectivity index (χ1n) is 5.30. The first kappa shape index (κ1) is 13.5. The molecule has 0 saturated heterocycles. The molecule has 0 aliphatic heterocycles. The maximum absolute atomic E-state index is 11.7. The summed E-state index contributed by atoms with van der Waals surface area (Å²) in [5.41, 5.74) is 9.07. The number of hydrogen-bond acceptors (Lipinski definition) is 3. The zero-order valence-electron chi connectivity index (χ0n) is 9.88. The molecule has 0 radical (unpaired) electrons. The molecule has 0 saturated carbocycles. The van der Waals surface area contributed by atoms with Crippen molar-refractivity contribution in [3.8, 4) is 0 Å². The number of hydrogen-bond donors (Lipinski definition) is 2. The highest BCUT2D eigenvalue weighted by Gasteiger charge is 2.05. The first-order valence-corrected chi connectivity index (χ1v) is 5.30. The Kier molecular flexibility index (Phi) is 5.21. The predicted molar refractivity (Wildman–Crippen MR) is 67.1 cm³/mol. The second-order valence-electron chi connectivity index (χ2n) is 3.47. The summed E-state index contributed by atoms with van der Waals surface area (Å²) in [4.78, 5) is 25.1. The lowest BCUT2D eigenvalue weighted by Gasteiger charge is -2.06. The summed E-state index contributed by atoms with van der Waals surface area (Å²) in [7, 11) is 0. The topological polar surface area (TPSA) is 107 Å². The molecule has 7 heteroatoms. The summed E-state index contributed by atoms with van der Waals surface area (Å²) >= 11 is 0. The molecule has 94 valence electrons. The monoisotopic (exact) mass is 247 g/mol. The van der Waals surface area contributed by atoms with Crippen LogP contribution in [0.15, 0.2) is 29.4 Å². The van der Waals surface area contributed by atoms with Crippen LogP contribution in [-0.2, 0) is 4.79 Å². The number of anilines is 1. The van der Waals surface area contributed by atoms with E-state index in [1.54, 1.807) is 24.3 Å². The Morgan fingerprint density at radius 2 is 2.22 bits per heavy atom. The van der Waals surface area contributed by atoms with Crippen LogP contribution in [0.4, 0.5) is 5.69 Å². The molecule has 0 heterocycles. The summed E-state index contributed by atoms with van der Waals surface area (Å²) in [5.74, 6) is -0.480. The number of azide groups is 1. The number of amides is 2. The maximum atomic E-state index is 11.7. The van der Waals surface area contributed by atoms with Crippen LogP contribution in [0.1, 0.15) is 17.3 Å². The van der Waals surface area contributed by atoms with Crippen LogP contribution in [-0.4, -0.2) is 24.9 Å². The van der Waals surface area contributed by atoms with E-state index >= 15 is 0 Å². The molecule has 0 unspecified atom stereocenters. The third-order valence-corrected chi connectivity index (χ3v) is 2.01. The molecule has 0 atom stereocenters. The van der Waals surface area contributed by atoms with E-state index in [0.717, 1.165) is 0 Å². The van der Waals surface area contributed by atoms with Crippen molar-refractivity contribution in [2.45, 2.75) is 6.92 Å². The molecule has 2 N–H and O–H groups in total. The van der Waals surface area contributed by atoms with Gasteiger partial charge >= 0.3 is 0 Å². The lowest BCUT2D eigenvalue weighted by molar-refractivity contribution is -0.114. The van der Waals surface area contributed by atoms with E-state index in [1.165, 1.54) is 6.92 Å². The summed E-state index contributed by atoms with van der Waals surface area (Å²) in [6, 6.07) is 6.57. The van der Waals surface area contributed by atoms with Gasteiger partial charge in [0, 0.05) is 36.2 Å². The average Bonchev–Trinajstić information content (AvgIpc) is 2.34. The minimum absolute atomic E-state index is 0.198. The van der Waals surface area contributed by atoms with Gasteiger partial charge in [0.2, 0.25) is 5.91 Å². The van der Waals surface area contributed by atoms with E-state index in [2.05, 4.69) is 20.7 Å². The van der Waals surface area contributed by atoms with Crippen molar-refractivity contribution < 1.29 is 9.59 Å². The Balaban J connectivity index is 2.62. The van der Waals surface area contributed by atoms with Gasteiger partial charge in [-0.2, -0.15) is 0 Å². The van der Waals surface area contributed by atoms with Gasteiger partial charge < -0.3 is 10.6 Å². The molecule has 0 aliphatic carbocycles. The molecule has 7 nitrogen and oxygen atoms in total. The van der Waals surface area contributed by atoms with Gasteiger partial charge in [-0.25, -0.2) is 0 Å². The van der Waals surface area contributed by atoms with E-state index in [0.29, 0.717) is 11.3 Å². The van der Waals surface area contributed by atoms with Crippen molar-refractivity contribution >= 4 is 17.5 Å². The summed E-state index contributed by atoms with van der Waals surface area (Å²) in [5, 5.41) is 8.49. The minimum atomic E-state index is -0.282. The summed E-state index contributed by atoms with van der Waals surface area (Å²) in [6.45, 7) is 1.87. The van der Waals surface area contributed by atoms with Crippen LogP contribution < -0.4 is 10.6 Å². The number of carbonyl (C=O) groups excluding carboxylic acids is 2. The van der Waals surface area contributed by atoms with Crippen LogP contribution in [0, 0.1) is 0 Å². The third kappa shape index (κ3) is 4.54. The van der Waals surface area contributed by atoms with Crippen LogP contribution in [0.3, 0.4) is 0 Å². The standard InChI is InChI=1S/C11H13N5O2/c1-8(17)15-10-4-2-3-9(7-10)11(18)13-5-6-14-16-12/h2-4,7H,5-6H2,1H3,(H,13,18)(H,15,17). The van der Waals surface area contributed by atoms with Gasteiger partial charge in [-0.05, 0) is 23.7 Å². The normalized spacial score (nSPS) is 9.17. The van der Waals surface area contributed by atoms with Crippen molar-refractivity contribution in [2.75, 3.05) is 18.4 Å². The van der Waals surface area contributed by atoms with E-state index in [4.69, 9.17) is 5.53 Å². The molecule has 1 aromatic carbocycles. The van der Waals surface area contributed by atoms with Crippen molar-refractivity contribution in [2.24, 2.45) is 5.11 Å². The molecule has 18 heavy (non-hydrogen) atoms. The van der Waals surface area contributed by atoms with Crippen LogP contribution in [0.25, 0.3) is 10.4 Å². The Morgan fingerprint density at radius 3 is 2.89 bits per heavy atom. The molecular formula is C11H13N5O2. The van der Waals surface area contributed by atoms with Crippen molar-refractivity contribution in [3.63, 3.8) is 0 Å². The summed E-state index contributed by atoms with van der Waals surface area (Å²) < 4.78 is 0. The lowest BCUT2D eigenvalue weighted by Crippen LogP contribution is -2.26. The van der Waals surface area contributed by atoms with Crippen molar-refractivity contribution in [1.82, 2.24) is 5.32 Å². The molecule has 0 fully saturated rings.